The van der Waals surface area contributed by atoms with Crippen molar-refractivity contribution >= 4 is 17.5 Å². The molecule has 0 aliphatic carbocycles. The summed E-state index contributed by atoms with van der Waals surface area (Å²) in [5, 5.41) is 10.8. The highest BCUT2D eigenvalue weighted by atomic mass is 35.5. The summed E-state index contributed by atoms with van der Waals surface area (Å²) in [5.74, 6) is -0.834. The number of rotatable bonds is 3. The third-order valence-corrected chi connectivity index (χ3v) is 3.94. The number of carbonyl (C=O) groups is 1. The minimum absolute atomic E-state index is 0.144. The van der Waals surface area contributed by atoms with Crippen LogP contribution in [0.2, 0.25) is 5.02 Å². The molecule has 1 saturated heterocycles. The number of hydrogen-bond acceptors (Lipinski definition) is 3. The quantitative estimate of drug-likeness (QED) is 0.928. The molecule has 1 unspecified atom stereocenters. The number of halogens is 2. The zero-order valence-electron chi connectivity index (χ0n) is 12.3. The van der Waals surface area contributed by atoms with Gasteiger partial charge in [0.05, 0.1) is 22.7 Å². The number of aliphatic hydroxyl groups is 1. The SMILES string of the molecule is CN(C)CC1(O)CCCN(C(=O)c2cc(F)ccc2Cl)C1. The van der Waals surface area contributed by atoms with E-state index in [0.29, 0.717) is 25.9 Å². The van der Waals surface area contributed by atoms with E-state index in [1.54, 1.807) is 4.90 Å². The fourth-order valence-electron chi connectivity index (χ4n) is 2.84. The van der Waals surface area contributed by atoms with Crippen LogP contribution in [0.4, 0.5) is 4.39 Å². The summed E-state index contributed by atoms with van der Waals surface area (Å²) in [5.41, 5.74) is -0.789. The van der Waals surface area contributed by atoms with Crippen molar-refractivity contribution in [2.45, 2.75) is 18.4 Å². The standard InChI is InChI=1S/C15H20ClFN2O2/c1-18(2)9-15(21)6-3-7-19(10-15)14(20)12-8-11(17)4-5-13(12)16/h4-5,8,21H,3,6-7,9-10H2,1-2H3. The second-order valence-electron chi connectivity index (χ2n) is 5.92. The lowest BCUT2D eigenvalue weighted by Crippen LogP contribution is -2.54. The van der Waals surface area contributed by atoms with Gasteiger partial charge in [-0.05, 0) is 45.1 Å². The van der Waals surface area contributed by atoms with Gasteiger partial charge in [0.2, 0.25) is 0 Å². The molecule has 1 atom stereocenters. The Morgan fingerprint density at radius 1 is 1.52 bits per heavy atom. The van der Waals surface area contributed by atoms with E-state index in [0.717, 1.165) is 6.07 Å². The Hall–Kier alpha value is -1.17. The molecule has 0 aromatic heterocycles. The van der Waals surface area contributed by atoms with Crippen LogP contribution in [0.5, 0.6) is 0 Å². The van der Waals surface area contributed by atoms with E-state index in [2.05, 4.69) is 0 Å². The van der Waals surface area contributed by atoms with E-state index in [4.69, 9.17) is 11.6 Å². The van der Waals surface area contributed by atoms with Crippen LogP contribution in [0.25, 0.3) is 0 Å². The maximum absolute atomic E-state index is 13.3. The number of carbonyl (C=O) groups excluding carboxylic acids is 1. The fourth-order valence-corrected chi connectivity index (χ4v) is 3.03. The molecule has 1 fully saturated rings. The molecule has 0 spiro atoms. The Labute approximate surface area is 129 Å². The molecular formula is C15H20ClFN2O2. The van der Waals surface area contributed by atoms with Crippen molar-refractivity contribution in [3.8, 4) is 0 Å². The van der Waals surface area contributed by atoms with Gasteiger partial charge in [-0.25, -0.2) is 4.39 Å². The minimum atomic E-state index is -0.933. The summed E-state index contributed by atoms with van der Waals surface area (Å²) in [6, 6.07) is 3.74. The first-order valence-corrected chi connectivity index (χ1v) is 7.30. The summed E-state index contributed by atoms with van der Waals surface area (Å²) >= 11 is 5.98. The van der Waals surface area contributed by atoms with E-state index in [1.807, 2.05) is 19.0 Å². The highest BCUT2D eigenvalue weighted by Gasteiger charge is 2.36. The van der Waals surface area contributed by atoms with Gasteiger partial charge in [0.15, 0.2) is 0 Å². The molecule has 1 aliphatic rings. The number of piperidine rings is 1. The predicted octanol–water partition coefficient (Wildman–Crippen LogP) is 2.01. The molecule has 1 aromatic rings. The normalized spacial score (nSPS) is 22.7. The van der Waals surface area contributed by atoms with E-state index < -0.39 is 11.4 Å². The Morgan fingerprint density at radius 3 is 2.90 bits per heavy atom. The highest BCUT2D eigenvalue weighted by Crippen LogP contribution is 2.25. The van der Waals surface area contributed by atoms with Gasteiger partial charge in [0.25, 0.3) is 5.91 Å². The average molecular weight is 315 g/mol. The number of β-amino-alcohol motifs (C(OH)–C–C–N with tert-alkyl or cyclic N) is 1. The van der Waals surface area contributed by atoms with Gasteiger partial charge >= 0.3 is 0 Å². The molecule has 0 saturated carbocycles. The molecule has 1 aliphatic heterocycles. The number of likely N-dealkylation sites (tertiary alicyclic amines) is 1. The minimum Gasteiger partial charge on any atom is -0.387 e. The smallest absolute Gasteiger partial charge is 0.255 e. The zero-order valence-corrected chi connectivity index (χ0v) is 13.0. The van der Waals surface area contributed by atoms with Gasteiger partial charge in [-0.2, -0.15) is 0 Å². The van der Waals surface area contributed by atoms with Crippen LogP contribution in [0.15, 0.2) is 18.2 Å². The van der Waals surface area contributed by atoms with E-state index in [-0.39, 0.29) is 23.0 Å². The molecule has 116 valence electrons. The van der Waals surface area contributed by atoms with Crippen molar-refractivity contribution < 1.29 is 14.3 Å². The van der Waals surface area contributed by atoms with Gasteiger partial charge in [-0.3, -0.25) is 4.79 Å². The lowest BCUT2D eigenvalue weighted by Gasteiger charge is -2.40. The molecule has 6 heteroatoms. The lowest BCUT2D eigenvalue weighted by molar-refractivity contribution is -0.0391. The number of nitrogens with zero attached hydrogens (tertiary/aromatic N) is 2. The van der Waals surface area contributed by atoms with Gasteiger partial charge < -0.3 is 14.9 Å². The molecule has 21 heavy (non-hydrogen) atoms. The zero-order chi connectivity index (χ0) is 15.6. The Bertz CT molecular complexity index is 538. The molecule has 2 rings (SSSR count). The van der Waals surface area contributed by atoms with Crippen molar-refractivity contribution in [1.82, 2.24) is 9.80 Å². The molecule has 4 nitrogen and oxygen atoms in total. The van der Waals surface area contributed by atoms with Crippen LogP contribution in [0.1, 0.15) is 23.2 Å². The third kappa shape index (κ3) is 3.93. The Kier molecular flexibility index (Phi) is 4.86. The van der Waals surface area contributed by atoms with Crippen LogP contribution in [-0.4, -0.2) is 60.1 Å². The number of benzene rings is 1. The summed E-state index contributed by atoms with van der Waals surface area (Å²) in [4.78, 5) is 15.9. The van der Waals surface area contributed by atoms with E-state index in [1.165, 1.54) is 12.1 Å². The molecule has 0 bridgehead atoms. The van der Waals surface area contributed by atoms with Gasteiger partial charge in [0.1, 0.15) is 5.82 Å². The monoisotopic (exact) mass is 314 g/mol. The fraction of sp³-hybridized carbons (Fsp3) is 0.533. The van der Waals surface area contributed by atoms with Gasteiger partial charge in [-0.15, -0.1) is 0 Å². The topological polar surface area (TPSA) is 43.8 Å². The number of hydrogen-bond donors (Lipinski definition) is 1. The molecule has 1 amide bonds. The van der Waals surface area contributed by atoms with E-state index in [9.17, 15) is 14.3 Å². The lowest BCUT2D eigenvalue weighted by atomic mass is 9.92. The Balaban J connectivity index is 2.17. The van der Waals surface area contributed by atoms with Crippen LogP contribution < -0.4 is 0 Å². The van der Waals surface area contributed by atoms with Crippen LogP contribution in [0.3, 0.4) is 0 Å². The molecule has 0 radical (unpaired) electrons. The third-order valence-electron chi connectivity index (χ3n) is 3.61. The van der Waals surface area contributed by atoms with Crippen molar-refractivity contribution in [1.29, 1.82) is 0 Å². The summed E-state index contributed by atoms with van der Waals surface area (Å²) in [6.07, 6.45) is 1.36. The van der Waals surface area contributed by atoms with Gasteiger partial charge in [0, 0.05) is 13.1 Å². The average Bonchev–Trinajstić information content (AvgIpc) is 2.39. The largest absolute Gasteiger partial charge is 0.387 e. The molecular weight excluding hydrogens is 295 g/mol. The predicted molar refractivity (Wildman–Crippen MR) is 80.1 cm³/mol. The Morgan fingerprint density at radius 2 is 2.24 bits per heavy atom. The van der Waals surface area contributed by atoms with Crippen LogP contribution in [0, 0.1) is 5.82 Å². The first kappa shape index (κ1) is 16.2. The van der Waals surface area contributed by atoms with Crippen molar-refractivity contribution in [2.24, 2.45) is 0 Å². The van der Waals surface area contributed by atoms with Crippen molar-refractivity contribution in [3.05, 3.63) is 34.6 Å². The summed E-state index contributed by atoms with van der Waals surface area (Å²) in [6.45, 7) is 1.26. The van der Waals surface area contributed by atoms with Crippen LogP contribution >= 0.6 is 11.6 Å². The molecule has 1 aromatic carbocycles. The number of likely N-dealkylation sites (N-methyl/N-ethyl adjacent to an activating group) is 1. The van der Waals surface area contributed by atoms with Gasteiger partial charge in [-0.1, -0.05) is 11.6 Å². The first-order valence-electron chi connectivity index (χ1n) is 6.92. The summed E-state index contributed by atoms with van der Waals surface area (Å²) in [7, 11) is 3.75. The highest BCUT2D eigenvalue weighted by molar-refractivity contribution is 6.33. The molecule has 1 heterocycles. The second-order valence-corrected chi connectivity index (χ2v) is 6.32. The van der Waals surface area contributed by atoms with E-state index >= 15 is 0 Å². The maximum atomic E-state index is 13.3. The number of amides is 1. The van der Waals surface area contributed by atoms with Crippen molar-refractivity contribution in [3.63, 3.8) is 0 Å². The van der Waals surface area contributed by atoms with Crippen LogP contribution in [-0.2, 0) is 0 Å². The maximum Gasteiger partial charge on any atom is 0.255 e. The summed E-state index contributed by atoms with van der Waals surface area (Å²) < 4.78 is 13.3. The second kappa shape index (κ2) is 6.30. The molecule has 1 N–H and O–H groups in total. The van der Waals surface area contributed by atoms with Crippen molar-refractivity contribution in [2.75, 3.05) is 33.7 Å². The first-order chi connectivity index (χ1) is 9.81.